The Balaban J connectivity index is 1.56. The highest BCUT2D eigenvalue weighted by Gasteiger charge is 2.22. The second-order valence-corrected chi connectivity index (χ2v) is 7.33. The van der Waals surface area contributed by atoms with E-state index in [1.807, 2.05) is 56.3 Å². The van der Waals surface area contributed by atoms with Gasteiger partial charge in [-0.05, 0) is 44.5 Å². The van der Waals surface area contributed by atoms with Gasteiger partial charge in [0.2, 0.25) is 11.8 Å². The molecule has 2 aromatic rings. The number of amides is 2. The average molecular weight is 408 g/mol. The lowest BCUT2D eigenvalue weighted by molar-refractivity contribution is -0.126. The van der Waals surface area contributed by atoms with E-state index in [-0.39, 0.29) is 17.9 Å². The predicted molar refractivity (Wildman–Crippen MR) is 116 cm³/mol. The summed E-state index contributed by atoms with van der Waals surface area (Å²) in [6, 6.07) is 12.8. The number of nitrogens with one attached hydrogen (secondary N) is 2. The maximum absolute atomic E-state index is 12.5. The van der Waals surface area contributed by atoms with Crippen LogP contribution in [0.3, 0.4) is 0 Å². The van der Waals surface area contributed by atoms with E-state index in [0.717, 1.165) is 34.6 Å². The molecule has 1 aliphatic heterocycles. The molecule has 2 N–H and O–H groups in total. The second kappa shape index (κ2) is 9.96. The first kappa shape index (κ1) is 21.4. The van der Waals surface area contributed by atoms with Gasteiger partial charge in [0.25, 0.3) is 0 Å². The largest absolute Gasteiger partial charge is 0.494 e. The first-order chi connectivity index (χ1) is 14.5. The van der Waals surface area contributed by atoms with Crippen LogP contribution in [0.25, 0.3) is 6.08 Å². The van der Waals surface area contributed by atoms with Gasteiger partial charge in [0.05, 0.1) is 6.61 Å². The van der Waals surface area contributed by atoms with Gasteiger partial charge in [-0.3, -0.25) is 9.59 Å². The predicted octanol–water partition coefficient (Wildman–Crippen LogP) is 3.24. The number of carbonyl (C=O) groups is 2. The molecule has 0 aromatic heterocycles. The number of fused-ring (bicyclic) bond motifs is 1. The van der Waals surface area contributed by atoms with E-state index in [9.17, 15) is 9.59 Å². The zero-order chi connectivity index (χ0) is 21.5. The summed E-state index contributed by atoms with van der Waals surface area (Å²) in [4.78, 5) is 24.5. The van der Waals surface area contributed by atoms with Crippen molar-refractivity contribution in [1.82, 2.24) is 10.6 Å². The normalized spacial score (nSPS) is 15.9. The van der Waals surface area contributed by atoms with Crippen LogP contribution in [0.5, 0.6) is 11.5 Å². The molecule has 0 radical (unpaired) electrons. The number of carbonyl (C=O) groups excluding carboxylic acids is 2. The van der Waals surface area contributed by atoms with Crippen LogP contribution in [0.15, 0.2) is 48.5 Å². The maximum atomic E-state index is 12.5. The maximum Gasteiger partial charge on any atom is 0.244 e. The van der Waals surface area contributed by atoms with E-state index in [4.69, 9.17) is 9.47 Å². The van der Waals surface area contributed by atoms with Gasteiger partial charge in [0.15, 0.2) is 0 Å². The van der Waals surface area contributed by atoms with Crippen LogP contribution in [0, 0.1) is 0 Å². The van der Waals surface area contributed by atoms with E-state index in [1.54, 1.807) is 13.0 Å². The van der Waals surface area contributed by atoms with Crippen LogP contribution in [0.1, 0.15) is 37.5 Å². The van der Waals surface area contributed by atoms with Crippen LogP contribution in [-0.2, 0) is 22.6 Å². The number of hydrogen-bond donors (Lipinski definition) is 2. The van der Waals surface area contributed by atoms with E-state index in [2.05, 4.69) is 10.6 Å². The van der Waals surface area contributed by atoms with E-state index < -0.39 is 6.04 Å². The van der Waals surface area contributed by atoms with Crippen LogP contribution >= 0.6 is 0 Å². The molecule has 1 heterocycles. The molecule has 2 atom stereocenters. The molecule has 2 amide bonds. The van der Waals surface area contributed by atoms with Crippen LogP contribution in [-0.4, -0.2) is 30.6 Å². The Morgan fingerprint density at radius 2 is 2.03 bits per heavy atom. The molecular formula is C24H28N2O4. The Labute approximate surface area is 177 Å². The molecule has 6 heteroatoms. The summed E-state index contributed by atoms with van der Waals surface area (Å²) in [5.41, 5.74) is 2.88. The van der Waals surface area contributed by atoms with E-state index >= 15 is 0 Å². The summed E-state index contributed by atoms with van der Waals surface area (Å²) < 4.78 is 11.6. The fourth-order valence-corrected chi connectivity index (χ4v) is 3.31. The van der Waals surface area contributed by atoms with Gasteiger partial charge >= 0.3 is 0 Å². The van der Waals surface area contributed by atoms with Crippen molar-refractivity contribution in [3.8, 4) is 11.5 Å². The molecule has 0 bridgehead atoms. The van der Waals surface area contributed by atoms with Crippen LogP contribution in [0.4, 0.5) is 0 Å². The monoisotopic (exact) mass is 408 g/mol. The first-order valence-electron chi connectivity index (χ1n) is 10.2. The third-order valence-electron chi connectivity index (χ3n) is 4.81. The molecule has 1 aliphatic rings. The van der Waals surface area contributed by atoms with Crippen molar-refractivity contribution < 1.29 is 19.1 Å². The zero-order valence-electron chi connectivity index (χ0n) is 17.6. The molecule has 30 heavy (non-hydrogen) atoms. The molecular weight excluding hydrogens is 380 g/mol. The number of ether oxygens (including phenoxy) is 2. The van der Waals surface area contributed by atoms with Gasteiger partial charge in [0, 0.05) is 30.2 Å². The highest BCUT2D eigenvalue weighted by atomic mass is 16.5. The lowest BCUT2D eigenvalue weighted by Crippen LogP contribution is -2.44. The third kappa shape index (κ3) is 5.63. The van der Waals surface area contributed by atoms with Gasteiger partial charge in [-0.15, -0.1) is 0 Å². The third-order valence-corrected chi connectivity index (χ3v) is 4.81. The Hall–Kier alpha value is -3.28. The molecule has 2 aromatic carbocycles. The SMILES string of the molecule is CCOc1cc2c(cc1CNC(=O)[C@H](C)NC(=O)/C=C/c1ccccc1)O[C@@H](C)C2. The topological polar surface area (TPSA) is 76.7 Å². The van der Waals surface area contributed by atoms with Crippen LogP contribution in [0.2, 0.25) is 0 Å². The van der Waals surface area contributed by atoms with Crippen molar-refractivity contribution in [3.63, 3.8) is 0 Å². The van der Waals surface area contributed by atoms with Crippen LogP contribution < -0.4 is 20.1 Å². The smallest absolute Gasteiger partial charge is 0.244 e. The molecule has 0 fully saturated rings. The minimum absolute atomic E-state index is 0.137. The van der Waals surface area contributed by atoms with Crippen molar-refractivity contribution in [3.05, 3.63) is 65.2 Å². The summed E-state index contributed by atoms with van der Waals surface area (Å²) in [5.74, 6) is 0.990. The fraction of sp³-hybridized carbons (Fsp3) is 0.333. The van der Waals surface area contributed by atoms with Crippen molar-refractivity contribution in [1.29, 1.82) is 0 Å². The zero-order valence-corrected chi connectivity index (χ0v) is 17.6. The molecule has 0 aliphatic carbocycles. The Morgan fingerprint density at radius 1 is 1.27 bits per heavy atom. The van der Waals surface area contributed by atoms with E-state index in [1.165, 1.54) is 6.08 Å². The Kier molecular flexibility index (Phi) is 7.12. The molecule has 3 rings (SSSR count). The standard InChI is InChI=1S/C24H28N2O4/c1-4-29-21-13-19-12-16(2)30-22(19)14-20(21)15-25-24(28)17(3)26-23(27)11-10-18-8-6-5-7-9-18/h5-11,13-14,16-17H,4,12,15H2,1-3H3,(H,25,28)(H,26,27)/b11-10+/t16-,17-/m0/s1. The van der Waals surface area contributed by atoms with Crippen molar-refractivity contribution in [2.24, 2.45) is 0 Å². The summed E-state index contributed by atoms with van der Waals surface area (Å²) in [6.07, 6.45) is 4.12. The highest BCUT2D eigenvalue weighted by molar-refractivity contribution is 5.95. The number of rotatable bonds is 8. The Morgan fingerprint density at radius 3 is 2.77 bits per heavy atom. The molecule has 158 valence electrons. The quantitative estimate of drug-likeness (QED) is 0.658. The molecule has 0 unspecified atom stereocenters. The second-order valence-electron chi connectivity index (χ2n) is 7.33. The molecule has 0 spiro atoms. The molecule has 0 saturated carbocycles. The van der Waals surface area contributed by atoms with Gasteiger partial charge in [-0.1, -0.05) is 30.3 Å². The lowest BCUT2D eigenvalue weighted by Gasteiger charge is -2.16. The van der Waals surface area contributed by atoms with Crippen molar-refractivity contribution in [2.75, 3.05) is 6.61 Å². The van der Waals surface area contributed by atoms with Gasteiger partial charge < -0.3 is 20.1 Å². The van der Waals surface area contributed by atoms with Gasteiger partial charge in [0.1, 0.15) is 23.6 Å². The lowest BCUT2D eigenvalue weighted by atomic mass is 10.1. The van der Waals surface area contributed by atoms with Crippen molar-refractivity contribution >= 4 is 17.9 Å². The average Bonchev–Trinajstić information content (AvgIpc) is 3.10. The fourth-order valence-electron chi connectivity index (χ4n) is 3.31. The van der Waals surface area contributed by atoms with E-state index in [0.29, 0.717) is 13.2 Å². The summed E-state index contributed by atoms with van der Waals surface area (Å²) in [7, 11) is 0. The highest BCUT2D eigenvalue weighted by Crippen LogP contribution is 2.35. The van der Waals surface area contributed by atoms with Gasteiger partial charge in [-0.25, -0.2) is 0 Å². The minimum atomic E-state index is -0.667. The van der Waals surface area contributed by atoms with Gasteiger partial charge in [-0.2, -0.15) is 0 Å². The summed E-state index contributed by atoms with van der Waals surface area (Å²) in [6.45, 7) is 6.43. The molecule has 6 nitrogen and oxygen atoms in total. The molecule has 0 saturated heterocycles. The number of hydrogen-bond acceptors (Lipinski definition) is 4. The first-order valence-corrected chi connectivity index (χ1v) is 10.2. The Bertz CT molecular complexity index is 924. The summed E-state index contributed by atoms with van der Waals surface area (Å²) >= 11 is 0. The van der Waals surface area contributed by atoms with Crippen molar-refractivity contribution in [2.45, 2.75) is 45.9 Å². The number of benzene rings is 2. The minimum Gasteiger partial charge on any atom is -0.494 e. The summed E-state index contributed by atoms with van der Waals surface area (Å²) in [5, 5.41) is 5.55.